The Kier molecular flexibility index (Phi) is 11.7. The number of amides is 1. The molecule has 1 aromatic heterocycles. The first kappa shape index (κ1) is 42.7. The number of aromatic amines is 1. The number of piperidine rings is 1. The Bertz CT molecular complexity index is 2120. The van der Waals surface area contributed by atoms with Crippen molar-refractivity contribution in [2.75, 3.05) is 72.0 Å². The molecule has 1 aliphatic carbocycles. The lowest BCUT2D eigenvalue weighted by Gasteiger charge is -2.63. The van der Waals surface area contributed by atoms with Crippen LogP contribution >= 0.6 is 0 Å². The number of rotatable bonds is 15. The van der Waals surface area contributed by atoms with E-state index in [1.807, 2.05) is 37.1 Å². The molecule has 5 heterocycles. The van der Waals surface area contributed by atoms with E-state index in [9.17, 15) is 30.0 Å². The number of methoxy groups -OCH3 is 2. The number of para-hydroxylation sites is 1. The van der Waals surface area contributed by atoms with Crippen molar-refractivity contribution in [3.8, 4) is 5.75 Å². The van der Waals surface area contributed by atoms with Gasteiger partial charge < -0.3 is 45.1 Å². The number of aliphatic hydroxyl groups is 4. The molecule has 2 saturated heterocycles. The van der Waals surface area contributed by atoms with Crippen LogP contribution in [0.5, 0.6) is 5.75 Å². The van der Waals surface area contributed by atoms with Crippen LogP contribution in [0, 0.1) is 11.3 Å². The smallest absolute Gasteiger partial charge is 0.311 e. The van der Waals surface area contributed by atoms with Crippen molar-refractivity contribution < 1.29 is 39.5 Å². The third-order valence-electron chi connectivity index (χ3n) is 15.3. The highest BCUT2D eigenvalue weighted by Crippen LogP contribution is 2.67. The van der Waals surface area contributed by atoms with E-state index in [0.717, 1.165) is 83.7 Å². The molecule has 8 atom stereocenters. The van der Waals surface area contributed by atoms with Crippen LogP contribution in [0.1, 0.15) is 74.8 Å². The number of carbonyl (C=O) groups is 2. The Balaban J connectivity index is 1.09. The third-order valence-corrected chi connectivity index (χ3v) is 15.3. The normalized spacial score (nSPS) is 32.2. The fourth-order valence-corrected chi connectivity index (χ4v) is 12.6. The van der Waals surface area contributed by atoms with Gasteiger partial charge in [0.05, 0.1) is 32.3 Å². The summed E-state index contributed by atoms with van der Waals surface area (Å²) in [5.74, 6) is 0.0524. The quantitative estimate of drug-likeness (QED) is 0.0756. The summed E-state index contributed by atoms with van der Waals surface area (Å²) in [4.78, 5) is 37.0. The van der Waals surface area contributed by atoms with E-state index in [-0.39, 0.29) is 37.5 Å². The number of fused-ring (bicyclic) bond motifs is 2. The summed E-state index contributed by atoms with van der Waals surface area (Å²) in [6, 6.07) is 11.6. The number of β-amino-alcohol motifs (C(OH)–C–C–N with tert-alkyl or cyclic N) is 1. The van der Waals surface area contributed by atoms with Gasteiger partial charge in [0, 0.05) is 91.6 Å². The second-order valence-electron chi connectivity index (χ2n) is 18.4. The van der Waals surface area contributed by atoms with Gasteiger partial charge in [-0.3, -0.25) is 19.4 Å². The van der Waals surface area contributed by atoms with E-state index in [2.05, 4.69) is 57.4 Å². The van der Waals surface area contributed by atoms with E-state index in [1.165, 1.54) is 7.11 Å². The first-order valence-electron chi connectivity index (χ1n) is 22.1. The zero-order chi connectivity index (χ0) is 42.6. The summed E-state index contributed by atoms with van der Waals surface area (Å²) >= 11 is 0. The molecule has 5 aliphatic rings. The maximum absolute atomic E-state index is 14.3. The van der Waals surface area contributed by atoms with Gasteiger partial charge in [-0.2, -0.15) is 0 Å². The molecule has 13 heteroatoms. The molecular formula is C47H65N5O8. The molecule has 13 nitrogen and oxygen atoms in total. The molecule has 1 spiro atoms. The Morgan fingerprint density at radius 2 is 1.87 bits per heavy atom. The number of nitrogens with one attached hydrogen (secondary N) is 2. The molecule has 6 N–H and O–H groups in total. The van der Waals surface area contributed by atoms with Gasteiger partial charge in [0.25, 0.3) is 5.91 Å². The monoisotopic (exact) mass is 827 g/mol. The van der Waals surface area contributed by atoms with Crippen molar-refractivity contribution >= 4 is 28.5 Å². The van der Waals surface area contributed by atoms with Crippen molar-refractivity contribution in [3.05, 3.63) is 70.9 Å². The van der Waals surface area contributed by atoms with Crippen LogP contribution in [0.3, 0.4) is 0 Å². The topological polar surface area (TPSA) is 171 Å². The van der Waals surface area contributed by atoms with Gasteiger partial charge >= 0.3 is 5.97 Å². The molecule has 0 bridgehead atoms. The molecule has 8 rings (SSSR count). The van der Waals surface area contributed by atoms with Crippen molar-refractivity contribution in [2.45, 2.75) is 106 Å². The van der Waals surface area contributed by atoms with Crippen molar-refractivity contribution in [2.24, 2.45) is 11.3 Å². The highest BCUT2D eigenvalue weighted by Gasteiger charge is 2.78. The predicted octanol–water partition coefficient (Wildman–Crippen LogP) is 3.23. The summed E-state index contributed by atoms with van der Waals surface area (Å²) in [6.07, 6.45) is 8.17. The van der Waals surface area contributed by atoms with Crippen LogP contribution < -0.4 is 15.0 Å². The molecule has 3 aromatic rings. The summed E-state index contributed by atoms with van der Waals surface area (Å²) in [6.45, 7) is 7.85. The SMILES string of the molecule is CCC1(O)CC(CCc2cc3c(cc2OC)N(C)C2C34CCN3CC=C[C@](CC)(C34)[C@@H](O)[C@]2(O)C(=O)NCCCO)CN(CCc2c(CC(=O)OC)[nH]c3ccccc23)C1. The van der Waals surface area contributed by atoms with Crippen molar-refractivity contribution in [3.63, 3.8) is 0 Å². The van der Waals surface area contributed by atoms with Gasteiger partial charge in [-0.05, 0) is 92.7 Å². The second-order valence-corrected chi connectivity index (χ2v) is 18.4. The lowest BCUT2D eigenvalue weighted by atomic mass is 9.47. The van der Waals surface area contributed by atoms with E-state index in [0.29, 0.717) is 45.1 Å². The molecule has 0 radical (unpaired) electrons. The van der Waals surface area contributed by atoms with Crippen LogP contribution in [0.25, 0.3) is 10.9 Å². The van der Waals surface area contributed by atoms with Gasteiger partial charge in [0.15, 0.2) is 5.60 Å². The molecule has 3 fully saturated rings. The molecule has 1 saturated carbocycles. The number of aliphatic hydroxyl groups excluding tert-OH is 2. The average Bonchev–Trinajstić information content (AvgIpc) is 3.89. The number of ether oxygens (including phenoxy) is 2. The minimum Gasteiger partial charge on any atom is -0.496 e. The number of likely N-dealkylation sites (N-methyl/N-ethyl adjacent to an activating group) is 1. The number of H-pyrrole nitrogens is 1. The van der Waals surface area contributed by atoms with Crippen LogP contribution in [-0.2, 0) is 39.0 Å². The molecule has 1 amide bonds. The predicted molar refractivity (Wildman–Crippen MR) is 230 cm³/mol. The highest BCUT2D eigenvalue weighted by molar-refractivity contribution is 5.90. The van der Waals surface area contributed by atoms with Crippen LogP contribution in [0.2, 0.25) is 0 Å². The molecule has 2 aromatic carbocycles. The van der Waals surface area contributed by atoms with Crippen LogP contribution in [0.15, 0.2) is 48.6 Å². The number of likely N-dealkylation sites (tertiary alicyclic amines) is 1. The van der Waals surface area contributed by atoms with E-state index in [4.69, 9.17) is 9.47 Å². The van der Waals surface area contributed by atoms with Crippen LogP contribution in [0.4, 0.5) is 5.69 Å². The maximum atomic E-state index is 14.3. The maximum Gasteiger partial charge on any atom is 0.311 e. The Morgan fingerprint density at radius 3 is 2.60 bits per heavy atom. The fourth-order valence-electron chi connectivity index (χ4n) is 12.6. The van der Waals surface area contributed by atoms with E-state index in [1.54, 1.807) is 7.11 Å². The first-order valence-corrected chi connectivity index (χ1v) is 22.1. The molecule has 326 valence electrons. The minimum atomic E-state index is -2.15. The zero-order valence-electron chi connectivity index (χ0n) is 36.0. The summed E-state index contributed by atoms with van der Waals surface area (Å²) < 4.78 is 11.1. The number of hydrogen-bond donors (Lipinski definition) is 6. The van der Waals surface area contributed by atoms with Gasteiger partial charge in [0.1, 0.15) is 11.9 Å². The number of esters is 1. The van der Waals surface area contributed by atoms with Gasteiger partial charge in [0.2, 0.25) is 0 Å². The highest BCUT2D eigenvalue weighted by atomic mass is 16.5. The zero-order valence-corrected chi connectivity index (χ0v) is 36.0. The first-order chi connectivity index (χ1) is 28.8. The minimum absolute atomic E-state index is 0.0951. The van der Waals surface area contributed by atoms with E-state index < -0.39 is 40.1 Å². The number of aromatic nitrogens is 1. The number of nitrogens with zero attached hydrogens (tertiary/aromatic N) is 3. The fraction of sp³-hybridized carbons (Fsp3) is 0.617. The molecule has 5 unspecified atom stereocenters. The number of benzene rings is 2. The summed E-state index contributed by atoms with van der Waals surface area (Å²) in [7, 11) is 5.02. The van der Waals surface area contributed by atoms with Crippen molar-refractivity contribution in [1.29, 1.82) is 0 Å². The largest absolute Gasteiger partial charge is 0.496 e. The van der Waals surface area contributed by atoms with Crippen molar-refractivity contribution in [1.82, 2.24) is 20.1 Å². The average molecular weight is 828 g/mol. The molecular weight excluding hydrogens is 763 g/mol. The second kappa shape index (κ2) is 16.4. The summed E-state index contributed by atoms with van der Waals surface area (Å²) in [5, 5.41) is 50.8. The van der Waals surface area contributed by atoms with E-state index >= 15 is 0 Å². The molecule has 4 aliphatic heterocycles. The lowest BCUT2D eigenvalue weighted by Crippen LogP contribution is -2.81. The number of carbonyl (C=O) groups excluding carboxylic acids is 2. The lowest BCUT2D eigenvalue weighted by molar-refractivity contribution is -0.203. The van der Waals surface area contributed by atoms with Gasteiger partial charge in [-0.1, -0.05) is 44.2 Å². The van der Waals surface area contributed by atoms with Gasteiger partial charge in [-0.25, -0.2) is 0 Å². The number of aryl methyl sites for hydroxylation is 1. The standard InChI is InChI=1S/C47H65N5O8/c1-6-44(57)27-30(28-51(29-44)21-16-33-32-12-8-9-13-35(32)49-36(33)25-39(54)60-5)14-15-31-24-34-37(26-38(31)59-4)50(3)41-46(34)18-22-52-20-10-17-45(7-2,40(46)52)42(55)47(41,58)43(56)48-19-11-23-53/h8-10,12-13,17,24,26,30,40-42,49,53,55,57-58H,6-7,11,14-16,18-23,25,27-29H2,1-5H3,(H,48,56)/t30?,40?,41?,42-,44?,45-,46?,47+/m1/s1. The Hall–Kier alpha value is -3.98. The Labute approximate surface area is 353 Å². The number of anilines is 1. The number of hydrogen-bond acceptors (Lipinski definition) is 11. The van der Waals surface area contributed by atoms with Crippen LogP contribution in [-0.4, -0.2) is 144 Å². The summed E-state index contributed by atoms with van der Waals surface area (Å²) in [5.41, 5.74) is 1.48. The molecule has 60 heavy (non-hydrogen) atoms. The van der Waals surface area contributed by atoms with Gasteiger partial charge in [-0.15, -0.1) is 0 Å². The Morgan fingerprint density at radius 1 is 1.07 bits per heavy atom. The third kappa shape index (κ3) is 6.66.